The normalized spacial score (nSPS) is 14.2. The molecule has 0 atom stereocenters. The highest BCUT2D eigenvalue weighted by Gasteiger charge is 2.26. The van der Waals surface area contributed by atoms with E-state index in [4.69, 9.17) is 9.47 Å². The van der Waals surface area contributed by atoms with E-state index in [9.17, 15) is 9.59 Å². The van der Waals surface area contributed by atoms with Crippen molar-refractivity contribution in [3.63, 3.8) is 0 Å². The van der Waals surface area contributed by atoms with Gasteiger partial charge in [0.2, 0.25) is 0 Å². The van der Waals surface area contributed by atoms with Crippen LogP contribution in [0.2, 0.25) is 0 Å². The third-order valence-electron chi connectivity index (χ3n) is 7.09. The molecular formula is C31H35N5O4. The number of amides is 2. The van der Waals surface area contributed by atoms with Gasteiger partial charge in [0.15, 0.2) is 0 Å². The van der Waals surface area contributed by atoms with Crippen LogP contribution in [0.4, 0.5) is 16.3 Å². The van der Waals surface area contributed by atoms with Gasteiger partial charge in [-0.2, -0.15) is 5.10 Å². The molecule has 1 saturated heterocycles. The molecule has 0 aliphatic carbocycles. The standard InChI is InChI=1S/C31H35N5O4/c1-22-8-10-23(11-9-22)36-29(20-28(34-36)31(2,3)21-37)33-30(38)32-26-12-13-27(25-7-5-4-6-24(25)26)40-19-16-35-14-17-39-18-15-35/h4-13,20-21H,14-19H2,1-3H3,(H2,32,33,38). The van der Waals surface area contributed by atoms with Crippen LogP contribution in [0.1, 0.15) is 25.1 Å². The largest absolute Gasteiger partial charge is 0.492 e. The number of aromatic nitrogens is 2. The van der Waals surface area contributed by atoms with Gasteiger partial charge in [0, 0.05) is 36.5 Å². The summed E-state index contributed by atoms with van der Waals surface area (Å²) in [7, 11) is 0. The molecule has 208 valence electrons. The van der Waals surface area contributed by atoms with E-state index in [1.54, 1.807) is 24.6 Å². The van der Waals surface area contributed by atoms with Crippen molar-refractivity contribution in [1.82, 2.24) is 14.7 Å². The second-order valence-corrected chi connectivity index (χ2v) is 10.5. The minimum atomic E-state index is -0.809. The van der Waals surface area contributed by atoms with Gasteiger partial charge in [-0.1, -0.05) is 42.0 Å². The second-order valence-electron chi connectivity index (χ2n) is 10.5. The molecule has 1 aliphatic rings. The first-order valence-electron chi connectivity index (χ1n) is 13.5. The Morgan fingerprint density at radius 2 is 1.75 bits per heavy atom. The van der Waals surface area contributed by atoms with Crippen LogP contribution in [0.25, 0.3) is 16.5 Å². The average molecular weight is 542 g/mol. The number of nitrogens with one attached hydrogen (secondary N) is 2. The van der Waals surface area contributed by atoms with E-state index < -0.39 is 11.4 Å². The maximum atomic E-state index is 13.2. The van der Waals surface area contributed by atoms with Gasteiger partial charge in [-0.25, -0.2) is 9.48 Å². The summed E-state index contributed by atoms with van der Waals surface area (Å²) < 4.78 is 13.2. The van der Waals surface area contributed by atoms with Crippen molar-refractivity contribution < 1.29 is 19.1 Å². The molecule has 0 spiro atoms. The maximum Gasteiger partial charge on any atom is 0.324 e. The number of fused-ring (bicyclic) bond motifs is 1. The van der Waals surface area contributed by atoms with Gasteiger partial charge in [-0.15, -0.1) is 0 Å². The first kappa shape index (κ1) is 27.4. The molecule has 1 aliphatic heterocycles. The van der Waals surface area contributed by atoms with Crippen molar-refractivity contribution in [2.75, 3.05) is 50.1 Å². The van der Waals surface area contributed by atoms with Crippen molar-refractivity contribution >= 4 is 34.6 Å². The molecule has 0 saturated carbocycles. The highest BCUT2D eigenvalue weighted by atomic mass is 16.5. The number of anilines is 2. The molecule has 4 aromatic rings. The number of morpholine rings is 1. The molecule has 2 N–H and O–H groups in total. The number of hydrogen-bond acceptors (Lipinski definition) is 6. The zero-order valence-corrected chi connectivity index (χ0v) is 23.1. The number of aldehydes is 1. The van der Waals surface area contributed by atoms with Crippen molar-refractivity contribution in [3.8, 4) is 11.4 Å². The Hall–Kier alpha value is -4.21. The van der Waals surface area contributed by atoms with Crippen LogP contribution in [0.3, 0.4) is 0 Å². The summed E-state index contributed by atoms with van der Waals surface area (Å²) in [6, 6.07) is 20.7. The molecular weight excluding hydrogens is 506 g/mol. The molecule has 40 heavy (non-hydrogen) atoms. The van der Waals surface area contributed by atoms with Gasteiger partial charge in [-0.05, 0) is 45.0 Å². The molecule has 2 heterocycles. The lowest BCUT2D eigenvalue weighted by molar-refractivity contribution is -0.111. The Balaban J connectivity index is 1.34. The number of carbonyl (C=O) groups excluding carboxylic acids is 2. The van der Waals surface area contributed by atoms with E-state index in [1.807, 2.05) is 67.6 Å². The third kappa shape index (κ3) is 6.16. The summed E-state index contributed by atoms with van der Waals surface area (Å²) in [6.45, 7) is 10.3. The molecule has 0 radical (unpaired) electrons. The van der Waals surface area contributed by atoms with Crippen LogP contribution in [0, 0.1) is 6.92 Å². The van der Waals surface area contributed by atoms with E-state index >= 15 is 0 Å². The monoisotopic (exact) mass is 541 g/mol. The number of aryl methyl sites for hydroxylation is 1. The van der Waals surface area contributed by atoms with Crippen molar-refractivity contribution in [2.45, 2.75) is 26.2 Å². The highest BCUT2D eigenvalue weighted by Crippen LogP contribution is 2.32. The van der Waals surface area contributed by atoms with Gasteiger partial charge in [0.25, 0.3) is 0 Å². The van der Waals surface area contributed by atoms with Gasteiger partial charge < -0.3 is 19.6 Å². The molecule has 9 nitrogen and oxygen atoms in total. The molecule has 1 aromatic heterocycles. The minimum absolute atomic E-state index is 0.421. The Kier molecular flexibility index (Phi) is 8.14. The second kappa shape index (κ2) is 11.9. The quantitative estimate of drug-likeness (QED) is 0.284. The van der Waals surface area contributed by atoms with Gasteiger partial charge in [0.1, 0.15) is 24.5 Å². The summed E-state index contributed by atoms with van der Waals surface area (Å²) in [4.78, 5) is 27.3. The van der Waals surface area contributed by atoms with Crippen LogP contribution < -0.4 is 15.4 Å². The number of hydrogen-bond donors (Lipinski definition) is 2. The average Bonchev–Trinajstić information content (AvgIpc) is 3.39. The van der Waals surface area contributed by atoms with E-state index in [0.717, 1.165) is 66.9 Å². The van der Waals surface area contributed by atoms with Crippen molar-refractivity contribution in [2.24, 2.45) is 0 Å². The van der Waals surface area contributed by atoms with E-state index in [2.05, 4.69) is 20.6 Å². The number of ether oxygens (including phenoxy) is 2. The lowest BCUT2D eigenvalue weighted by Crippen LogP contribution is -2.38. The van der Waals surface area contributed by atoms with Gasteiger partial charge >= 0.3 is 6.03 Å². The fourth-order valence-corrected chi connectivity index (χ4v) is 4.61. The van der Waals surface area contributed by atoms with Gasteiger partial charge in [0.05, 0.1) is 35.7 Å². The summed E-state index contributed by atoms with van der Waals surface area (Å²) >= 11 is 0. The summed E-state index contributed by atoms with van der Waals surface area (Å²) in [6.07, 6.45) is 0.857. The Labute approximate surface area is 234 Å². The highest BCUT2D eigenvalue weighted by molar-refractivity contribution is 6.07. The fraction of sp³-hybridized carbons (Fsp3) is 0.323. The first-order valence-corrected chi connectivity index (χ1v) is 13.5. The van der Waals surface area contributed by atoms with Crippen LogP contribution in [0.15, 0.2) is 66.7 Å². The number of carbonyl (C=O) groups is 2. The SMILES string of the molecule is Cc1ccc(-n2nc(C(C)(C)C=O)cc2NC(=O)Nc2ccc(OCCN3CCOCC3)c3ccccc23)cc1. The summed E-state index contributed by atoms with van der Waals surface area (Å²) in [5.41, 5.74) is 2.29. The Morgan fingerprint density at radius 1 is 1.02 bits per heavy atom. The minimum Gasteiger partial charge on any atom is -0.492 e. The van der Waals surface area contributed by atoms with Crippen LogP contribution in [-0.4, -0.2) is 66.5 Å². The number of benzene rings is 3. The fourth-order valence-electron chi connectivity index (χ4n) is 4.61. The zero-order chi connectivity index (χ0) is 28.1. The van der Waals surface area contributed by atoms with E-state index in [-0.39, 0.29) is 0 Å². The predicted molar refractivity (Wildman–Crippen MR) is 157 cm³/mol. The number of nitrogens with zero attached hydrogens (tertiary/aromatic N) is 3. The molecule has 0 unspecified atom stereocenters. The molecule has 0 bridgehead atoms. The Bertz CT molecular complexity index is 1490. The van der Waals surface area contributed by atoms with Crippen molar-refractivity contribution in [1.29, 1.82) is 0 Å². The zero-order valence-electron chi connectivity index (χ0n) is 23.1. The van der Waals surface area contributed by atoms with E-state index in [1.165, 1.54) is 0 Å². The van der Waals surface area contributed by atoms with E-state index in [0.29, 0.717) is 23.8 Å². The molecule has 3 aromatic carbocycles. The summed E-state index contributed by atoms with van der Waals surface area (Å²) in [5.74, 6) is 1.23. The first-order chi connectivity index (χ1) is 19.3. The number of rotatable bonds is 9. The van der Waals surface area contributed by atoms with Crippen LogP contribution in [0.5, 0.6) is 5.75 Å². The molecule has 5 rings (SSSR count). The maximum absolute atomic E-state index is 13.2. The Morgan fingerprint density at radius 3 is 2.48 bits per heavy atom. The molecule has 9 heteroatoms. The molecule has 1 fully saturated rings. The lowest BCUT2D eigenvalue weighted by atomic mass is 9.92. The third-order valence-corrected chi connectivity index (χ3v) is 7.09. The van der Waals surface area contributed by atoms with Crippen LogP contribution >= 0.6 is 0 Å². The number of urea groups is 1. The van der Waals surface area contributed by atoms with Crippen LogP contribution in [-0.2, 0) is 14.9 Å². The smallest absolute Gasteiger partial charge is 0.324 e. The van der Waals surface area contributed by atoms with Gasteiger partial charge in [-0.3, -0.25) is 10.2 Å². The van der Waals surface area contributed by atoms with Crippen molar-refractivity contribution in [3.05, 3.63) is 78.0 Å². The molecule has 2 amide bonds. The lowest BCUT2D eigenvalue weighted by Gasteiger charge is -2.26. The topological polar surface area (TPSA) is 97.7 Å². The summed E-state index contributed by atoms with van der Waals surface area (Å²) in [5, 5.41) is 12.3. The predicted octanol–water partition coefficient (Wildman–Crippen LogP) is 5.17.